The fourth-order valence-corrected chi connectivity index (χ4v) is 2.64. The Morgan fingerprint density at radius 1 is 1.21 bits per heavy atom. The summed E-state index contributed by atoms with van der Waals surface area (Å²) >= 11 is 0. The second kappa shape index (κ2) is 9.41. The minimum absolute atomic E-state index is 0.0306. The van der Waals surface area contributed by atoms with Gasteiger partial charge in [0.25, 0.3) is 5.91 Å². The number of hydrogen-bond acceptors (Lipinski definition) is 6. The molecule has 29 heavy (non-hydrogen) atoms. The summed E-state index contributed by atoms with van der Waals surface area (Å²) < 4.78 is 15.4. The number of rotatable bonds is 4. The number of fused-ring (bicyclic) bond motifs is 1. The molecule has 4 rings (SSSR count). The van der Waals surface area contributed by atoms with Crippen molar-refractivity contribution < 1.29 is 23.6 Å². The van der Waals surface area contributed by atoms with Crippen molar-refractivity contribution in [3.05, 3.63) is 71.6 Å². The third-order valence-electron chi connectivity index (χ3n) is 4.08. The first-order valence-corrected chi connectivity index (χ1v) is 8.95. The lowest BCUT2D eigenvalue weighted by molar-refractivity contribution is -0.116. The Labute approximate surface area is 167 Å². The van der Waals surface area contributed by atoms with Crippen molar-refractivity contribution in [3.63, 3.8) is 0 Å². The Hall–Kier alpha value is -3.81. The zero-order valence-electron chi connectivity index (χ0n) is 15.9. The molecule has 1 aromatic heterocycles. The molecule has 8 heteroatoms. The number of carbonyl (C=O) groups is 2. The van der Waals surface area contributed by atoms with E-state index in [1.807, 2.05) is 30.3 Å². The lowest BCUT2D eigenvalue weighted by Crippen LogP contribution is -2.10. The molecular weight excluding hydrogens is 374 g/mol. The van der Waals surface area contributed by atoms with Crippen molar-refractivity contribution in [1.29, 1.82) is 0 Å². The van der Waals surface area contributed by atoms with Crippen LogP contribution in [0.15, 0.2) is 59.1 Å². The van der Waals surface area contributed by atoms with E-state index in [1.165, 1.54) is 0 Å². The number of aromatic nitrogens is 1. The molecule has 0 aliphatic carbocycles. The summed E-state index contributed by atoms with van der Waals surface area (Å²) in [5, 5.41) is 6.32. The highest BCUT2D eigenvalue weighted by Crippen LogP contribution is 2.30. The highest BCUT2D eigenvalue weighted by molar-refractivity contribution is 5.93. The summed E-state index contributed by atoms with van der Waals surface area (Å²) in [5.74, 6) is 1.43. The first kappa shape index (κ1) is 19.9. The summed E-state index contributed by atoms with van der Waals surface area (Å²) in [6.45, 7) is 0.422. The summed E-state index contributed by atoms with van der Waals surface area (Å²) in [6.07, 6.45) is 0.998. The van der Waals surface area contributed by atoms with Crippen molar-refractivity contribution in [2.45, 2.75) is 12.8 Å². The average molecular weight is 395 g/mol. The lowest BCUT2D eigenvalue weighted by Gasteiger charge is -2.08. The highest BCUT2D eigenvalue weighted by Gasteiger charge is 2.14. The predicted molar refractivity (Wildman–Crippen MR) is 106 cm³/mol. The van der Waals surface area contributed by atoms with Gasteiger partial charge in [-0.2, -0.15) is 0 Å². The zero-order valence-corrected chi connectivity index (χ0v) is 15.9. The number of primary amides is 1. The van der Waals surface area contributed by atoms with Gasteiger partial charge in [0, 0.05) is 18.6 Å². The molecule has 3 aromatic rings. The lowest BCUT2D eigenvalue weighted by atomic mass is 10.1. The van der Waals surface area contributed by atoms with E-state index >= 15 is 0 Å². The first-order valence-electron chi connectivity index (χ1n) is 8.95. The van der Waals surface area contributed by atoms with Gasteiger partial charge in [-0.05, 0) is 17.7 Å². The molecule has 2 heterocycles. The maximum atomic E-state index is 11.2. The van der Waals surface area contributed by atoms with Crippen molar-refractivity contribution in [1.82, 2.24) is 5.16 Å². The molecule has 2 amide bonds. The van der Waals surface area contributed by atoms with Gasteiger partial charge < -0.3 is 25.0 Å². The van der Waals surface area contributed by atoms with Crippen LogP contribution in [0.4, 0.5) is 5.69 Å². The van der Waals surface area contributed by atoms with Crippen molar-refractivity contribution in [3.8, 4) is 11.5 Å². The molecule has 0 radical (unpaired) electrons. The van der Waals surface area contributed by atoms with Gasteiger partial charge in [-0.1, -0.05) is 35.5 Å². The number of anilines is 1. The maximum absolute atomic E-state index is 11.2. The number of nitrogens with zero attached hydrogens (tertiary/aromatic N) is 1. The highest BCUT2D eigenvalue weighted by atomic mass is 16.5. The molecule has 0 saturated carbocycles. The third-order valence-corrected chi connectivity index (χ3v) is 4.08. The molecule has 3 N–H and O–H groups in total. The number of hydrogen-bond donors (Lipinski definition) is 2. The van der Waals surface area contributed by atoms with E-state index in [1.54, 1.807) is 31.4 Å². The van der Waals surface area contributed by atoms with Gasteiger partial charge in [0.05, 0.1) is 25.8 Å². The second-order valence-corrected chi connectivity index (χ2v) is 6.21. The Morgan fingerprint density at radius 2 is 2.00 bits per heavy atom. The Morgan fingerprint density at radius 3 is 2.69 bits per heavy atom. The van der Waals surface area contributed by atoms with Crippen LogP contribution in [0, 0.1) is 0 Å². The molecule has 0 unspecified atom stereocenters. The summed E-state index contributed by atoms with van der Waals surface area (Å²) in [5.41, 5.74) is 7.00. The number of carbonyl (C=O) groups excluding carboxylic acids is 2. The first-order chi connectivity index (χ1) is 14.0. The largest absolute Gasteiger partial charge is 0.497 e. The molecule has 1 aliphatic heterocycles. The monoisotopic (exact) mass is 395 g/mol. The predicted octanol–water partition coefficient (Wildman–Crippen LogP) is 2.78. The maximum Gasteiger partial charge on any atom is 0.270 e. The molecule has 1 aliphatic rings. The SMILES string of the molecule is COc1ccc2c(c1)NC(=O)CCO2.NC(=O)c1cc(Cc2ccccc2)on1. The van der Waals surface area contributed by atoms with E-state index in [0.717, 1.165) is 5.56 Å². The number of ether oxygens (including phenoxy) is 2. The molecule has 0 spiro atoms. The zero-order chi connectivity index (χ0) is 20.6. The number of methoxy groups -OCH3 is 1. The van der Waals surface area contributed by atoms with E-state index in [4.69, 9.17) is 19.7 Å². The van der Waals surface area contributed by atoms with E-state index in [2.05, 4.69) is 10.5 Å². The van der Waals surface area contributed by atoms with Crippen LogP contribution in [0.2, 0.25) is 0 Å². The van der Waals surface area contributed by atoms with Gasteiger partial charge in [0.15, 0.2) is 5.69 Å². The van der Waals surface area contributed by atoms with Crippen molar-refractivity contribution in [2.24, 2.45) is 5.73 Å². The number of nitrogens with two attached hydrogens (primary N) is 1. The molecular formula is C21H21N3O5. The quantitative estimate of drug-likeness (QED) is 0.702. The molecule has 0 atom stereocenters. The molecule has 150 valence electrons. The van der Waals surface area contributed by atoms with E-state index in [0.29, 0.717) is 42.4 Å². The number of amides is 2. The number of nitrogens with one attached hydrogen (secondary N) is 1. The van der Waals surface area contributed by atoms with Crippen LogP contribution in [-0.2, 0) is 11.2 Å². The van der Waals surface area contributed by atoms with E-state index in [-0.39, 0.29) is 11.6 Å². The van der Waals surface area contributed by atoms with Gasteiger partial charge in [-0.3, -0.25) is 9.59 Å². The fraction of sp³-hybridized carbons (Fsp3) is 0.190. The second-order valence-electron chi connectivity index (χ2n) is 6.21. The van der Waals surface area contributed by atoms with Crippen LogP contribution >= 0.6 is 0 Å². The molecule has 2 aromatic carbocycles. The molecule has 8 nitrogen and oxygen atoms in total. The van der Waals surface area contributed by atoms with Crippen LogP contribution in [0.25, 0.3) is 0 Å². The van der Waals surface area contributed by atoms with Gasteiger partial charge in [0.1, 0.15) is 17.3 Å². The van der Waals surface area contributed by atoms with Crippen LogP contribution in [0.5, 0.6) is 11.5 Å². The minimum atomic E-state index is -0.571. The van der Waals surface area contributed by atoms with Gasteiger partial charge in [0.2, 0.25) is 5.91 Å². The van der Waals surface area contributed by atoms with Crippen LogP contribution in [0.1, 0.15) is 28.2 Å². The van der Waals surface area contributed by atoms with E-state index < -0.39 is 5.91 Å². The van der Waals surface area contributed by atoms with Crippen molar-refractivity contribution >= 4 is 17.5 Å². The standard InChI is InChI=1S/C11H10N2O2.C10H11NO3/c12-11(14)10-7-9(15-13-10)6-8-4-2-1-3-5-8;1-13-7-2-3-9-8(6-7)11-10(12)4-5-14-9/h1-5,7H,6H2,(H2,12,14);2-3,6H,4-5H2,1H3,(H,11,12). The van der Waals surface area contributed by atoms with Crippen LogP contribution in [-0.4, -0.2) is 30.7 Å². The Balaban J connectivity index is 0.000000166. The Kier molecular flexibility index (Phi) is 6.47. The topological polar surface area (TPSA) is 117 Å². The summed E-state index contributed by atoms with van der Waals surface area (Å²) in [7, 11) is 1.58. The molecule has 0 fully saturated rings. The summed E-state index contributed by atoms with van der Waals surface area (Å²) in [6, 6.07) is 16.7. The average Bonchev–Trinajstić information content (AvgIpc) is 3.11. The van der Waals surface area contributed by atoms with Crippen molar-refractivity contribution in [2.75, 3.05) is 19.0 Å². The van der Waals surface area contributed by atoms with Crippen LogP contribution in [0.3, 0.4) is 0 Å². The van der Waals surface area contributed by atoms with Gasteiger partial charge >= 0.3 is 0 Å². The molecule has 0 saturated heterocycles. The third kappa shape index (κ3) is 5.58. The minimum Gasteiger partial charge on any atom is -0.497 e. The molecule has 0 bridgehead atoms. The van der Waals surface area contributed by atoms with Gasteiger partial charge in [-0.15, -0.1) is 0 Å². The van der Waals surface area contributed by atoms with Crippen LogP contribution < -0.4 is 20.5 Å². The van der Waals surface area contributed by atoms with E-state index in [9.17, 15) is 9.59 Å². The Bertz CT molecular complexity index is 985. The fourth-order valence-electron chi connectivity index (χ4n) is 2.64. The smallest absolute Gasteiger partial charge is 0.270 e. The van der Waals surface area contributed by atoms with Gasteiger partial charge in [-0.25, -0.2) is 0 Å². The number of benzene rings is 2. The normalized spacial score (nSPS) is 12.4. The summed E-state index contributed by atoms with van der Waals surface area (Å²) in [4.78, 5) is 22.0.